The lowest BCUT2D eigenvalue weighted by Gasteiger charge is -2.15. The third-order valence-corrected chi connectivity index (χ3v) is 6.34. The molecule has 0 spiro atoms. The molecule has 0 bridgehead atoms. The molecule has 2 aromatic rings. The molecule has 1 N–H and O–H groups in total. The van der Waals surface area contributed by atoms with Crippen LogP contribution in [-0.4, -0.2) is 29.9 Å². The first-order valence-electron chi connectivity index (χ1n) is 5.60. The van der Waals surface area contributed by atoms with E-state index in [1.807, 2.05) is 6.92 Å². The minimum atomic E-state index is -3.69. The third-order valence-electron chi connectivity index (χ3n) is 2.76. The summed E-state index contributed by atoms with van der Waals surface area (Å²) in [6.07, 6.45) is 0. The Kier molecular flexibility index (Phi) is 4.65. The number of aliphatic hydroxyl groups excluding tert-OH is 1. The Labute approximate surface area is 129 Å². The number of hydrogen-bond acceptors (Lipinski definition) is 6. The summed E-state index contributed by atoms with van der Waals surface area (Å²) in [7, 11) is -2.20. The molecule has 0 amide bonds. The van der Waals surface area contributed by atoms with Crippen molar-refractivity contribution < 1.29 is 17.9 Å². The number of sulfonamides is 1. The molecule has 2 aromatic heterocycles. The molecule has 0 aliphatic heterocycles. The summed E-state index contributed by atoms with van der Waals surface area (Å²) in [4.78, 5) is 4.99. The summed E-state index contributed by atoms with van der Waals surface area (Å²) in [6.45, 7) is 1.72. The molecule has 0 fully saturated rings. The standard InChI is InChI=1S/C11H13BrN2O4S2/c1-7-9(19-6-13-7)4-14(2)20(16,17)10-3-8(5-15)18-11(10)12/h3,6,15H,4-5H2,1-2H3. The summed E-state index contributed by atoms with van der Waals surface area (Å²) in [5.41, 5.74) is 2.50. The quantitative estimate of drug-likeness (QED) is 0.858. The SMILES string of the molecule is Cc1ncsc1CN(C)S(=O)(=O)c1cc(CO)oc1Br. The number of aryl methyl sites for hydroxylation is 1. The van der Waals surface area contributed by atoms with E-state index in [9.17, 15) is 8.42 Å². The highest BCUT2D eigenvalue weighted by atomic mass is 79.9. The van der Waals surface area contributed by atoms with E-state index >= 15 is 0 Å². The highest BCUT2D eigenvalue weighted by Crippen LogP contribution is 2.29. The normalized spacial score (nSPS) is 12.2. The van der Waals surface area contributed by atoms with Crippen molar-refractivity contribution in [1.29, 1.82) is 0 Å². The molecule has 0 atom stereocenters. The number of furan rings is 1. The van der Waals surface area contributed by atoms with Gasteiger partial charge in [-0.15, -0.1) is 11.3 Å². The first kappa shape index (κ1) is 15.6. The smallest absolute Gasteiger partial charge is 0.247 e. The Bertz CT molecular complexity index is 708. The van der Waals surface area contributed by atoms with Crippen LogP contribution in [0, 0.1) is 6.92 Å². The fraction of sp³-hybridized carbons (Fsp3) is 0.364. The van der Waals surface area contributed by atoms with Gasteiger partial charge in [-0.1, -0.05) is 0 Å². The lowest BCUT2D eigenvalue weighted by Crippen LogP contribution is -2.26. The maximum Gasteiger partial charge on any atom is 0.247 e. The van der Waals surface area contributed by atoms with Gasteiger partial charge in [-0.2, -0.15) is 4.31 Å². The lowest BCUT2D eigenvalue weighted by atomic mass is 10.4. The van der Waals surface area contributed by atoms with E-state index in [0.717, 1.165) is 10.6 Å². The van der Waals surface area contributed by atoms with Crippen LogP contribution in [-0.2, 0) is 23.2 Å². The fourth-order valence-corrected chi connectivity index (χ4v) is 4.59. The zero-order valence-electron chi connectivity index (χ0n) is 10.8. The lowest BCUT2D eigenvalue weighted by molar-refractivity contribution is 0.245. The molecule has 0 aromatic carbocycles. The van der Waals surface area contributed by atoms with Crippen molar-refractivity contribution in [2.45, 2.75) is 25.0 Å². The van der Waals surface area contributed by atoms with Gasteiger partial charge in [0.1, 0.15) is 17.3 Å². The topological polar surface area (TPSA) is 83.6 Å². The Morgan fingerprint density at radius 2 is 2.25 bits per heavy atom. The second-order valence-electron chi connectivity index (χ2n) is 4.13. The molecule has 110 valence electrons. The molecule has 0 unspecified atom stereocenters. The predicted molar refractivity (Wildman–Crippen MR) is 77.8 cm³/mol. The molecule has 0 saturated heterocycles. The second kappa shape index (κ2) is 5.94. The van der Waals surface area contributed by atoms with Crippen LogP contribution in [0.4, 0.5) is 0 Å². The van der Waals surface area contributed by atoms with E-state index in [0.29, 0.717) is 0 Å². The summed E-state index contributed by atoms with van der Waals surface area (Å²) in [5.74, 6) is 0.192. The summed E-state index contributed by atoms with van der Waals surface area (Å²) in [6, 6.07) is 1.31. The summed E-state index contributed by atoms with van der Waals surface area (Å²) >= 11 is 4.47. The molecule has 0 radical (unpaired) electrons. The molecule has 2 heterocycles. The van der Waals surface area contributed by atoms with Crippen LogP contribution >= 0.6 is 27.3 Å². The number of rotatable bonds is 5. The van der Waals surface area contributed by atoms with Crippen LogP contribution in [0.25, 0.3) is 0 Å². The van der Waals surface area contributed by atoms with E-state index in [4.69, 9.17) is 9.52 Å². The van der Waals surface area contributed by atoms with E-state index in [1.165, 1.54) is 28.8 Å². The number of halogens is 1. The minimum Gasteiger partial charge on any atom is -0.450 e. The highest BCUT2D eigenvalue weighted by molar-refractivity contribution is 9.10. The number of aliphatic hydroxyl groups is 1. The van der Waals surface area contributed by atoms with Gasteiger partial charge in [-0.3, -0.25) is 0 Å². The zero-order valence-corrected chi connectivity index (χ0v) is 14.0. The molecule has 0 aliphatic rings. The summed E-state index contributed by atoms with van der Waals surface area (Å²) < 4.78 is 31.3. The Hall–Kier alpha value is -0.740. The molecule has 9 heteroatoms. The second-order valence-corrected chi connectivity index (χ2v) is 7.80. The number of aromatic nitrogens is 1. The van der Waals surface area contributed by atoms with Gasteiger partial charge in [0.2, 0.25) is 10.0 Å². The maximum atomic E-state index is 12.5. The minimum absolute atomic E-state index is 0.00576. The molecular formula is C11H13BrN2O4S2. The van der Waals surface area contributed by atoms with Gasteiger partial charge in [0.15, 0.2) is 4.67 Å². The van der Waals surface area contributed by atoms with Crippen molar-refractivity contribution in [1.82, 2.24) is 9.29 Å². The van der Waals surface area contributed by atoms with Gasteiger partial charge in [0.25, 0.3) is 0 Å². The predicted octanol–water partition coefficient (Wildman–Crippen LogP) is 2.12. The van der Waals surface area contributed by atoms with Crippen molar-refractivity contribution in [2.75, 3.05) is 7.05 Å². The van der Waals surface area contributed by atoms with Gasteiger partial charge in [-0.25, -0.2) is 13.4 Å². The van der Waals surface area contributed by atoms with Crippen LogP contribution in [0.1, 0.15) is 16.3 Å². The first-order valence-corrected chi connectivity index (χ1v) is 8.72. The number of thiazole rings is 1. The fourth-order valence-electron chi connectivity index (χ4n) is 1.58. The molecule has 2 rings (SSSR count). The maximum absolute atomic E-state index is 12.5. The van der Waals surface area contributed by atoms with E-state index in [1.54, 1.807) is 5.51 Å². The zero-order chi connectivity index (χ0) is 14.9. The average molecular weight is 381 g/mol. The van der Waals surface area contributed by atoms with Gasteiger partial charge >= 0.3 is 0 Å². The van der Waals surface area contributed by atoms with Crippen LogP contribution in [0.15, 0.2) is 25.6 Å². The first-order chi connectivity index (χ1) is 9.36. The number of hydrogen-bond donors (Lipinski definition) is 1. The van der Waals surface area contributed by atoms with Crippen molar-refractivity contribution in [2.24, 2.45) is 0 Å². The van der Waals surface area contributed by atoms with Crippen LogP contribution < -0.4 is 0 Å². The van der Waals surface area contributed by atoms with E-state index < -0.39 is 10.0 Å². The molecule has 6 nitrogen and oxygen atoms in total. The molecular weight excluding hydrogens is 368 g/mol. The van der Waals surface area contributed by atoms with Crippen molar-refractivity contribution in [3.8, 4) is 0 Å². The van der Waals surface area contributed by atoms with Crippen LogP contribution in [0.3, 0.4) is 0 Å². The van der Waals surface area contributed by atoms with Gasteiger partial charge in [0.05, 0.1) is 11.2 Å². The Morgan fingerprint density at radius 3 is 2.75 bits per heavy atom. The van der Waals surface area contributed by atoms with Crippen LogP contribution in [0.2, 0.25) is 0 Å². The van der Waals surface area contributed by atoms with Gasteiger partial charge in [-0.05, 0) is 22.9 Å². The summed E-state index contributed by atoms with van der Waals surface area (Å²) in [5, 5.41) is 8.99. The van der Waals surface area contributed by atoms with Crippen LogP contribution in [0.5, 0.6) is 0 Å². The monoisotopic (exact) mass is 380 g/mol. The molecule has 0 saturated carbocycles. The van der Waals surface area contributed by atoms with E-state index in [2.05, 4.69) is 20.9 Å². The number of nitrogens with zero attached hydrogens (tertiary/aromatic N) is 2. The van der Waals surface area contributed by atoms with Gasteiger partial charge < -0.3 is 9.52 Å². The third kappa shape index (κ3) is 2.96. The van der Waals surface area contributed by atoms with Gasteiger partial charge in [0, 0.05) is 24.5 Å². The highest BCUT2D eigenvalue weighted by Gasteiger charge is 2.27. The molecule has 0 aliphatic carbocycles. The Balaban J connectivity index is 2.29. The Morgan fingerprint density at radius 1 is 1.55 bits per heavy atom. The average Bonchev–Trinajstić information content (AvgIpc) is 2.96. The van der Waals surface area contributed by atoms with Crippen molar-refractivity contribution in [3.63, 3.8) is 0 Å². The molecule has 20 heavy (non-hydrogen) atoms. The van der Waals surface area contributed by atoms with Crippen molar-refractivity contribution >= 4 is 37.3 Å². The largest absolute Gasteiger partial charge is 0.450 e. The van der Waals surface area contributed by atoms with E-state index in [-0.39, 0.29) is 28.5 Å². The van der Waals surface area contributed by atoms with Crippen molar-refractivity contribution in [3.05, 3.63) is 32.6 Å².